The zero-order valence-corrected chi connectivity index (χ0v) is 23.7. The lowest BCUT2D eigenvalue weighted by atomic mass is 9.89. The lowest BCUT2D eigenvalue weighted by Crippen LogP contribution is -2.55. The Labute approximate surface area is 239 Å². The highest BCUT2D eigenvalue weighted by atomic mass is 16.6. The number of nitrogens with zero attached hydrogens (tertiary/aromatic N) is 1. The predicted molar refractivity (Wildman–Crippen MR) is 154 cm³/mol. The number of benzene rings is 2. The molecular formula is C32H37N3O6. The molecule has 1 saturated carbocycles. The summed E-state index contributed by atoms with van der Waals surface area (Å²) >= 11 is 0. The third-order valence-corrected chi connectivity index (χ3v) is 7.73. The number of nitrogens with one attached hydrogen (secondary N) is 2. The summed E-state index contributed by atoms with van der Waals surface area (Å²) in [6.07, 6.45) is 3.70. The molecule has 0 saturated heterocycles. The minimum absolute atomic E-state index is 0.0413. The smallest absolute Gasteiger partial charge is 0.410 e. The molecule has 2 atom stereocenters. The number of ether oxygens (including phenoxy) is 2. The van der Waals surface area contributed by atoms with Crippen LogP contribution >= 0.6 is 0 Å². The SMILES string of the molecule is CC(C)(C)OC(=O)N[C@H]1CCCC[C@@H]1N(Cc1c[nH]c(C(=O)O)c1)C(=O)OCC1c2ccccc2-c2ccccc21. The average molecular weight is 560 g/mol. The van der Waals surface area contributed by atoms with Gasteiger partial charge in [0.2, 0.25) is 0 Å². The van der Waals surface area contributed by atoms with Crippen molar-refractivity contribution in [1.82, 2.24) is 15.2 Å². The highest BCUT2D eigenvalue weighted by Gasteiger charge is 2.37. The van der Waals surface area contributed by atoms with E-state index in [1.54, 1.807) is 31.9 Å². The first-order chi connectivity index (χ1) is 19.6. The molecule has 2 aromatic carbocycles. The van der Waals surface area contributed by atoms with Crippen LogP contribution in [0.3, 0.4) is 0 Å². The van der Waals surface area contributed by atoms with Gasteiger partial charge in [0.1, 0.15) is 17.9 Å². The number of rotatable bonds is 7. The molecule has 1 aromatic heterocycles. The third-order valence-electron chi connectivity index (χ3n) is 7.73. The summed E-state index contributed by atoms with van der Waals surface area (Å²) in [4.78, 5) is 42.4. The maximum atomic E-state index is 13.9. The topological polar surface area (TPSA) is 121 Å². The first-order valence-electron chi connectivity index (χ1n) is 14.1. The summed E-state index contributed by atoms with van der Waals surface area (Å²) in [6, 6.07) is 17.1. The number of carbonyl (C=O) groups excluding carboxylic acids is 2. The summed E-state index contributed by atoms with van der Waals surface area (Å²) in [5, 5.41) is 12.4. The van der Waals surface area contributed by atoms with Gasteiger partial charge >= 0.3 is 18.2 Å². The fourth-order valence-corrected chi connectivity index (χ4v) is 5.96. The normalized spacial score (nSPS) is 18.2. The fourth-order valence-electron chi connectivity index (χ4n) is 5.96. The molecule has 2 aliphatic carbocycles. The van der Waals surface area contributed by atoms with Crippen molar-refractivity contribution in [2.24, 2.45) is 0 Å². The van der Waals surface area contributed by atoms with Gasteiger partial charge in [-0.15, -0.1) is 0 Å². The van der Waals surface area contributed by atoms with Crippen molar-refractivity contribution < 1.29 is 29.0 Å². The molecule has 0 radical (unpaired) electrons. The zero-order valence-electron chi connectivity index (χ0n) is 23.7. The number of carbonyl (C=O) groups is 3. The molecule has 1 fully saturated rings. The second-order valence-corrected chi connectivity index (χ2v) is 11.8. The number of alkyl carbamates (subject to hydrolysis) is 1. The van der Waals surface area contributed by atoms with Gasteiger partial charge in [0.05, 0.1) is 18.6 Å². The number of fused-ring (bicyclic) bond motifs is 3. The van der Waals surface area contributed by atoms with E-state index < -0.39 is 23.8 Å². The molecule has 41 heavy (non-hydrogen) atoms. The van der Waals surface area contributed by atoms with Gasteiger partial charge in [-0.3, -0.25) is 4.90 Å². The van der Waals surface area contributed by atoms with Crippen molar-refractivity contribution in [2.45, 2.75) is 76.6 Å². The van der Waals surface area contributed by atoms with E-state index in [2.05, 4.69) is 34.6 Å². The highest BCUT2D eigenvalue weighted by molar-refractivity contribution is 5.85. The molecule has 3 aromatic rings. The summed E-state index contributed by atoms with van der Waals surface area (Å²) in [5.41, 5.74) is 4.54. The zero-order chi connectivity index (χ0) is 29.1. The van der Waals surface area contributed by atoms with Gasteiger partial charge in [-0.2, -0.15) is 0 Å². The van der Waals surface area contributed by atoms with E-state index in [1.165, 1.54) is 6.07 Å². The molecule has 0 spiro atoms. The summed E-state index contributed by atoms with van der Waals surface area (Å²) in [6.45, 7) is 5.71. The van der Waals surface area contributed by atoms with E-state index in [9.17, 15) is 19.5 Å². The van der Waals surface area contributed by atoms with Crippen molar-refractivity contribution in [2.75, 3.05) is 6.61 Å². The van der Waals surface area contributed by atoms with Crippen molar-refractivity contribution in [3.8, 4) is 11.1 Å². The van der Waals surface area contributed by atoms with Gasteiger partial charge in [0.25, 0.3) is 0 Å². The molecule has 216 valence electrons. The molecular weight excluding hydrogens is 522 g/mol. The molecule has 1 heterocycles. The average Bonchev–Trinajstić information content (AvgIpc) is 3.53. The maximum absolute atomic E-state index is 13.9. The van der Waals surface area contributed by atoms with Gasteiger partial charge in [-0.25, -0.2) is 14.4 Å². The first-order valence-corrected chi connectivity index (χ1v) is 14.1. The van der Waals surface area contributed by atoms with Crippen LogP contribution < -0.4 is 5.32 Å². The Bertz CT molecular complexity index is 1380. The van der Waals surface area contributed by atoms with Crippen molar-refractivity contribution >= 4 is 18.2 Å². The molecule has 2 amide bonds. The molecule has 0 bridgehead atoms. The molecule has 0 aliphatic heterocycles. The minimum Gasteiger partial charge on any atom is -0.477 e. The van der Waals surface area contributed by atoms with Gasteiger partial charge < -0.3 is 24.9 Å². The van der Waals surface area contributed by atoms with E-state index in [1.807, 2.05) is 24.3 Å². The number of hydrogen-bond acceptors (Lipinski definition) is 5. The third kappa shape index (κ3) is 6.39. The van der Waals surface area contributed by atoms with Gasteiger partial charge in [0, 0.05) is 12.1 Å². The van der Waals surface area contributed by atoms with Gasteiger partial charge in [-0.1, -0.05) is 61.4 Å². The van der Waals surface area contributed by atoms with E-state index >= 15 is 0 Å². The van der Waals surface area contributed by atoms with E-state index in [0.717, 1.165) is 35.1 Å². The number of aromatic amines is 1. The monoisotopic (exact) mass is 559 g/mol. The number of aromatic nitrogens is 1. The largest absolute Gasteiger partial charge is 0.477 e. The molecule has 3 N–H and O–H groups in total. The van der Waals surface area contributed by atoms with Gasteiger partial charge in [-0.05, 0) is 67.5 Å². The number of aromatic carboxylic acids is 1. The second kappa shape index (κ2) is 11.7. The molecule has 2 aliphatic rings. The van der Waals surface area contributed by atoms with E-state index in [4.69, 9.17) is 9.47 Å². The Morgan fingerprint density at radius 1 is 1.00 bits per heavy atom. The van der Waals surface area contributed by atoms with E-state index in [0.29, 0.717) is 18.4 Å². The number of hydrogen-bond donors (Lipinski definition) is 3. The van der Waals surface area contributed by atoms with Crippen LogP contribution in [0.4, 0.5) is 9.59 Å². The van der Waals surface area contributed by atoms with E-state index in [-0.39, 0.29) is 36.8 Å². The number of H-pyrrole nitrogens is 1. The van der Waals surface area contributed by atoms with Gasteiger partial charge in [0.15, 0.2) is 0 Å². The van der Waals surface area contributed by atoms with Crippen molar-refractivity contribution in [3.05, 3.63) is 83.2 Å². The van der Waals surface area contributed by atoms with Crippen LogP contribution in [0.5, 0.6) is 0 Å². The number of carboxylic acids is 1. The number of amides is 2. The molecule has 0 unspecified atom stereocenters. The minimum atomic E-state index is -1.08. The Morgan fingerprint density at radius 2 is 1.63 bits per heavy atom. The summed E-state index contributed by atoms with van der Waals surface area (Å²) in [5.74, 6) is -1.17. The molecule has 5 rings (SSSR count). The summed E-state index contributed by atoms with van der Waals surface area (Å²) in [7, 11) is 0. The Hall–Kier alpha value is -4.27. The quantitative estimate of drug-likeness (QED) is 0.312. The van der Waals surface area contributed by atoms with Crippen LogP contribution in [0.25, 0.3) is 11.1 Å². The fraction of sp³-hybridized carbons (Fsp3) is 0.406. The van der Waals surface area contributed by atoms with Crippen molar-refractivity contribution in [1.29, 1.82) is 0 Å². The molecule has 9 nitrogen and oxygen atoms in total. The lowest BCUT2D eigenvalue weighted by Gasteiger charge is -2.39. The Kier molecular flexibility index (Phi) is 8.06. The Balaban J connectivity index is 1.38. The summed E-state index contributed by atoms with van der Waals surface area (Å²) < 4.78 is 11.5. The highest BCUT2D eigenvalue weighted by Crippen LogP contribution is 2.44. The Morgan fingerprint density at radius 3 is 2.24 bits per heavy atom. The number of carboxylic acid groups (broad SMARTS) is 1. The van der Waals surface area contributed by atoms with Crippen LogP contribution in [0.15, 0.2) is 60.8 Å². The predicted octanol–water partition coefficient (Wildman–Crippen LogP) is 6.30. The first kappa shape index (κ1) is 28.3. The lowest BCUT2D eigenvalue weighted by molar-refractivity contribution is 0.0367. The second-order valence-electron chi connectivity index (χ2n) is 11.8. The standard InChI is InChI=1S/C32H37N3O6/c1-32(2,3)41-30(38)34-26-14-8-9-15-28(26)35(18-20-16-27(29(36)37)33-17-20)31(39)40-19-25-23-12-6-4-10-21(23)22-11-5-7-13-24(22)25/h4-7,10-13,16-17,25-26,28,33H,8-9,14-15,18-19H2,1-3H3,(H,34,38)(H,36,37)/t26-,28-/m0/s1. The van der Waals surface area contributed by atoms with Crippen LogP contribution in [0.2, 0.25) is 0 Å². The maximum Gasteiger partial charge on any atom is 0.410 e. The van der Waals surface area contributed by atoms with Crippen LogP contribution in [-0.4, -0.2) is 57.4 Å². The van der Waals surface area contributed by atoms with Crippen LogP contribution in [-0.2, 0) is 16.0 Å². The van der Waals surface area contributed by atoms with Crippen molar-refractivity contribution in [3.63, 3.8) is 0 Å². The van der Waals surface area contributed by atoms with Crippen LogP contribution in [0, 0.1) is 0 Å². The van der Waals surface area contributed by atoms with Crippen LogP contribution in [0.1, 0.15) is 79.6 Å². The molecule has 9 heteroatoms.